The Hall–Kier alpha value is -2.93. The predicted octanol–water partition coefficient (Wildman–Crippen LogP) is 4.38. The van der Waals surface area contributed by atoms with Crippen molar-refractivity contribution in [2.45, 2.75) is 40.2 Å². The quantitative estimate of drug-likeness (QED) is 0.545. The van der Waals surface area contributed by atoms with Gasteiger partial charge in [-0.05, 0) is 68.7 Å². The molecule has 160 valence electrons. The molecule has 0 spiro atoms. The summed E-state index contributed by atoms with van der Waals surface area (Å²) < 4.78 is 5.71. The maximum absolute atomic E-state index is 12.6. The molecule has 0 saturated heterocycles. The Labute approximate surface area is 183 Å². The van der Waals surface area contributed by atoms with Gasteiger partial charge in [0.25, 0.3) is 11.8 Å². The van der Waals surface area contributed by atoms with Crippen molar-refractivity contribution in [3.63, 3.8) is 0 Å². The molecule has 6 nitrogen and oxygen atoms in total. The SMILES string of the molecule is CC(C)CCOc1cccc(C(=O)NC(=S)Nc2ccccc2C(=O)NC(C)C)c1. The van der Waals surface area contributed by atoms with Crippen molar-refractivity contribution in [3.05, 3.63) is 59.7 Å². The number of amides is 2. The van der Waals surface area contributed by atoms with E-state index in [0.29, 0.717) is 35.1 Å². The summed E-state index contributed by atoms with van der Waals surface area (Å²) in [6.45, 7) is 8.63. The van der Waals surface area contributed by atoms with Gasteiger partial charge in [0.1, 0.15) is 5.75 Å². The molecule has 0 heterocycles. The number of benzene rings is 2. The molecule has 2 aromatic carbocycles. The molecule has 0 bridgehead atoms. The number of carbonyl (C=O) groups excluding carboxylic acids is 2. The van der Waals surface area contributed by atoms with Crippen LogP contribution in [0.5, 0.6) is 5.75 Å². The Balaban J connectivity index is 2.00. The zero-order valence-electron chi connectivity index (χ0n) is 17.8. The number of hydrogen-bond acceptors (Lipinski definition) is 4. The minimum Gasteiger partial charge on any atom is -0.494 e. The Morgan fingerprint density at radius 1 is 1.00 bits per heavy atom. The Kier molecular flexibility index (Phi) is 8.80. The minimum atomic E-state index is -0.356. The number of nitrogens with one attached hydrogen (secondary N) is 3. The van der Waals surface area contributed by atoms with Gasteiger partial charge in [0.2, 0.25) is 0 Å². The van der Waals surface area contributed by atoms with Crippen LogP contribution in [0.2, 0.25) is 0 Å². The highest BCUT2D eigenvalue weighted by Crippen LogP contribution is 2.16. The Morgan fingerprint density at radius 3 is 2.43 bits per heavy atom. The molecule has 2 aromatic rings. The second-order valence-electron chi connectivity index (χ2n) is 7.64. The summed E-state index contributed by atoms with van der Waals surface area (Å²) in [7, 11) is 0. The summed E-state index contributed by atoms with van der Waals surface area (Å²) in [6, 6.07) is 14.0. The van der Waals surface area contributed by atoms with Crippen LogP contribution in [0.4, 0.5) is 5.69 Å². The number of anilines is 1. The maximum Gasteiger partial charge on any atom is 0.257 e. The van der Waals surface area contributed by atoms with Crippen LogP contribution in [0, 0.1) is 5.92 Å². The van der Waals surface area contributed by atoms with Gasteiger partial charge in [-0.2, -0.15) is 0 Å². The second-order valence-corrected chi connectivity index (χ2v) is 8.05. The van der Waals surface area contributed by atoms with Crippen LogP contribution in [0.25, 0.3) is 0 Å². The first-order valence-electron chi connectivity index (χ1n) is 10.0. The number of hydrogen-bond donors (Lipinski definition) is 3. The van der Waals surface area contributed by atoms with Crippen LogP contribution in [0.1, 0.15) is 54.8 Å². The molecular weight excluding hydrogens is 398 g/mol. The zero-order valence-corrected chi connectivity index (χ0v) is 18.6. The van der Waals surface area contributed by atoms with Crippen molar-refractivity contribution in [2.24, 2.45) is 5.92 Å². The van der Waals surface area contributed by atoms with Crippen molar-refractivity contribution < 1.29 is 14.3 Å². The lowest BCUT2D eigenvalue weighted by atomic mass is 10.1. The standard InChI is InChI=1S/C23H29N3O3S/c1-15(2)12-13-29-18-9-7-8-17(14-18)21(27)26-23(30)25-20-11-6-5-10-19(20)22(28)24-16(3)4/h5-11,14-16H,12-13H2,1-4H3,(H,24,28)(H2,25,26,27,30). The molecule has 2 amide bonds. The molecule has 2 rings (SSSR count). The van der Waals surface area contributed by atoms with E-state index in [-0.39, 0.29) is 23.0 Å². The van der Waals surface area contributed by atoms with Gasteiger partial charge in [0.15, 0.2) is 5.11 Å². The van der Waals surface area contributed by atoms with Crippen LogP contribution in [0.3, 0.4) is 0 Å². The van der Waals surface area contributed by atoms with Gasteiger partial charge in [0, 0.05) is 11.6 Å². The Morgan fingerprint density at radius 2 is 1.73 bits per heavy atom. The van der Waals surface area contributed by atoms with E-state index < -0.39 is 0 Å². The average molecular weight is 428 g/mol. The highest BCUT2D eigenvalue weighted by Gasteiger charge is 2.14. The maximum atomic E-state index is 12.6. The summed E-state index contributed by atoms with van der Waals surface area (Å²) in [5.74, 6) is 0.614. The molecule has 0 aliphatic heterocycles. The fourth-order valence-electron chi connectivity index (χ4n) is 2.60. The molecular formula is C23H29N3O3S. The van der Waals surface area contributed by atoms with Crippen molar-refractivity contribution >= 4 is 34.8 Å². The van der Waals surface area contributed by atoms with Crippen LogP contribution in [0.15, 0.2) is 48.5 Å². The highest BCUT2D eigenvalue weighted by molar-refractivity contribution is 7.80. The fourth-order valence-corrected chi connectivity index (χ4v) is 2.80. The summed E-state index contributed by atoms with van der Waals surface area (Å²) in [5.41, 5.74) is 1.40. The molecule has 0 unspecified atom stereocenters. The first kappa shape index (κ1) is 23.3. The molecule has 0 atom stereocenters. The van der Waals surface area contributed by atoms with E-state index in [2.05, 4.69) is 29.8 Å². The normalized spacial score (nSPS) is 10.6. The van der Waals surface area contributed by atoms with Gasteiger partial charge in [-0.25, -0.2) is 0 Å². The van der Waals surface area contributed by atoms with E-state index in [1.807, 2.05) is 19.9 Å². The van der Waals surface area contributed by atoms with Gasteiger partial charge >= 0.3 is 0 Å². The number of carbonyl (C=O) groups is 2. The monoisotopic (exact) mass is 427 g/mol. The zero-order chi connectivity index (χ0) is 22.1. The lowest BCUT2D eigenvalue weighted by Gasteiger charge is -2.15. The molecule has 0 saturated carbocycles. The summed E-state index contributed by atoms with van der Waals surface area (Å²) in [5, 5.41) is 8.53. The van der Waals surface area contributed by atoms with E-state index in [1.165, 1.54) is 0 Å². The molecule has 7 heteroatoms. The van der Waals surface area contributed by atoms with Crippen LogP contribution in [-0.4, -0.2) is 29.6 Å². The Bertz CT molecular complexity index is 897. The lowest BCUT2D eigenvalue weighted by Crippen LogP contribution is -2.35. The van der Waals surface area contributed by atoms with Crippen molar-refractivity contribution in [1.29, 1.82) is 0 Å². The number of ether oxygens (including phenoxy) is 1. The van der Waals surface area contributed by atoms with Crippen molar-refractivity contribution in [1.82, 2.24) is 10.6 Å². The van der Waals surface area contributed by atoms with Crippen LogP contribution >= 0.6 is 12.2 Å². The van der Waals surface area contributed by atoms with E-state index in [9.17, 15) is 9.59 Å². The van der Waals surface area contributed by atoms with E-state index >= 15 is 0 Å². The number of rotatable bonds is 8. The largest absolute Gasteiger partial charge is 0.494 e. The van der Waals surface area contributed by atoms with Gasteiger partial charge < -0.3 is 15.4 Å². The topological polar surface area (TPSA) is 79.5 Å². The summed E-state index contributed by atoms with van der Waals surface area (Å²) in [4.78, 5) is 24.9. The number of thiocarbonyl (C=S) groups is 1. The molecule has 0 aliphatic rings. The van der Waals surface area contributed by atoms with Gasteiger partial charge in [-0.3, -0.25) is 14.9 Å². The minimum absolute atomic E-state index is 0.00671. The third-order valence-electron chi connectivity index (χ3n) is 4.13. The first-order chi connectivity index (χ1) is 14.3. The van der Waals surface area contributed by atoms with Gasteiger partial charge in [-0.1, -0.05) is 32.0 Å². The lowest BCUT2D eigenvalue weighted by molar-refractivity contribution is 0.0942. The van der Waals surface area contributed by atoms with Crippen LogP contribution < -0.4 is 20.7 Å². The van der Waals surface area contributed by atoms with Gasteiger partial charge in [0.05, 0.1) is 17.9 Å². The van der Waals surface area contributed by atoms with Crippen molar-refractivity contribution in [3.8, 4) is 5.75 Å². The molecule has 30 heavy (non-hydrogen) atoms. The van der Waals surface area contributed by atoms with E-state index in [4.69, 9.17) is 17.0 Å². The van der Waals surface area contributed by atoms with Crippen LogP contribution in [-0.2, 0) is 0 Å². The predicted molar refractivity (Wildman–Crippen MR) is 124 cm³/mol. The smallest absolute Gasteiger partial charge is 0.257 e. The van der Waals surface area contributed by atoms with Crippen molar-refractivity contribution in [2.75, 3.05) is 11.9 Å². The molecule has 0 aliphatic carbocycles. The number of para-hydroxylation sites is 1. The summed E-state index contributed by atoms with van der Waals surface area (Å²) >= 11 is 5.27. The average Bonchev–Trinajstić information content (AvgIpc) is 2.67. The van der Waals surface area contributed by atoms with E-state index in [0.717, 1.165) is 6.42 Å². The third kappa shape index (κ3) is 7.48. The fraction of sp³-hybridized carbons (Fsp3) is 0.348. The highest BCUT2D eigenvalue weighted by atomic mass is 32.1. The second kappa shape index (κ2) is 11.3. The van der Waals surface area contributed by atoms with E-state index in [1.54, 1.807) is 42.5 Å². The molecule has 0 aromatic heterocycles. The molecule has 3 N–H and O–H groups in total. The first-order valence-corrected chi connectivity index (χ1v) is 10.4. The molecule has 0 radical (unpaired) electrons. The van der Waals surface area contributed by atoms with Gasteiger partial charge in [-0.15, -0.1) is 0 Å². The summed E-state index contributed by atoms with van der Waals surface area (Å²) in [6.07, 6.45) is 0.939. The molecule has 0 fully saturated rings. The third-order valence-corrected chi connectivity index (χ3v) is 4.33.